The Labute approximate surface area is 166 Å². The highest BCUT2D eigenvalue weighted by Gasteiger charge is 2.23. The molecule has 0 saturated carbocycles. The zero-order valence-electron chi connectivity index (χ0n) is 16.0. The molecule has 0 bridgehead atoms. The van der Waals surface area contributed by atoms with Gasteiger partial charge in [-0.15, -0.1) is 0 Å². The fourth-order valence-electron chi connectivity index (χ4n) is 2.62. The summed E-state index contributed by atoms with van der Waals surface area (Å²) in [5, 5.41) is 3.36. The summed E-state index contributed by atoms with van der Waals surface area (Å²) < 4.78 is 26.9. The first-order valence-electron chi connectivity index (χ1n) is 8.76. The zero-order valence-corrected chi connectivity index (χ0v) is 17.6. The van der Waals surface area contributed by atoms with E-state index in [0.717, 1.165) is 6.42 Å². The predicted octanol–water partition coefficient (Wildman–Crippen LogP) is 4.25. The first-order valence-corrected chi connectivity index (χ1v) is 10.6. The van der Waals surface area contributed by atoms with Gasteiger partial charge in [0.05, 0.1) is 10.6 Å². The predicted molar refractivity (Wildman–Crippen MR) is 110 cm³/mol. The summed E-state index contributed by atoms with van der Waals surface area (Å²) in [6.45, 7) is 6.60. The Morgan fingerprint density at radius 2 is 1.78 bits per heavy atom. The third-order valence-corrected chi connectivity index (χ3v) is 6.32. The molecule has 0 spiro atoms. The number of aryl methyl sites for hydroxylation is 1. The van der Waals surface area contributed by atoms with Gasteiger partial charge in [-0.25, -0.2) is 8.42 Å². The second-order valence-corrected chi connectivity index (χ2v) is 9.27. The molecule has 2 aromatic carbocycles. The summed E-state index contributed by atoms with van der Waals surface area (Å²) in [6, 6.07) is 11.0. The number of amides is 1. The number of nitrogens with one attached hydrogen (secondary N) is 1. The average Bonchev–Trinajstić information content (AvgIpc) is 2.61. The molecule has 0 aromatic heterocycles. The standard InChI is InChI=1S/C20H25ClN2O3S/c1-14(2)11-12-22-20(24)16-5-10-19(15(3)13-16)23(4)27(25,26)18-8-6-17(21)7-9-18/h5-10,13-14H,11-12H2,1-4H3,(H,22,24). The molecule has 0 atom stereocenters. The van der Waals surface area contributed by atoms with Crippen molar-refractivity contribution in [2.75, 3.05) is 17.9 Å². The van der Waals surface area contributed by atoms with Crippen molar-refractivity contribution in [1.82, 2.24) is 5.32 Å². The molecule has 0 aliphatic carbocycles. The number of benzene rings is 2. The van der Waals surface area contributed by atoms with Gasteiger partial charge < -0.3 is 5.32 Å². The van der Waals surface area contributed by atoms with Crippen molar-refractivity contribution in [2.45, 2.75) is 32.1 Å². The molecular formula is C20H25ClN2O3S. The number of halogens is 1. The first-order chi connectivity index (χ1) is 12.6. The number of carbonyl (C=O) groups excluding carboxylic acids is 1. The van der Waals surface area contributed by atoms with Crippen molar-refractivity contribution in [2.24, 2.45) is 5.92 Å². The molecule has 2 rings (SSSR count). The van der Waals surface area contributed by atoms with Crippen LogP contribution >= 0.6 is 11.6 Å². The van der Waals surface area contributed by atoms with Crippen LogP contribution in [0.1, 0.15) is 36.2 Å². The highest BCUT2D eigenvalue weighted by Crippen LogP contribution is 2.26. The Kier molecular flexibility index (Phi) is 6.89. The average molecular weight is 409 g/mol. The van der Waals surface area contributed by atoms with E-state index >= 15 is 0 Å². The number of hydrogen-bond acceptors (Lipinski definition) is 3. The van der Waals surface area contributed by atoms with E-state index in [9.17, 15) is 13.2 Å². The molecule has 0 radical (unpaired) electrons. The molecule has 1 N–H and O–H groups in total. The van der Waals surface area contributed by atoms with Crippen LogP contribution in [0.5, 0.6) is 0 Å². The van der Waals surface area contributed by atoms with Crippen LogP contribution < -0.4 is 9.62 Å². The molecule has 0 aliphatic rings. The first kappa shape index (κ1) is 21.3. The van der Waals surface area contributed by atoms with Crippen LogP contribution in [0.4, 0.5) is 5.69 Å². The lowest BCUT2D eigenvalue weighted by Gasteiger charge is -2.22. The summed E-state index contributed by atoms with van der Waals surface area (Å²) in [5.74, 6) is 0.356. The van der Waals surface area contributed by atoms with Gasteiger partial charge in [0.25, 0.3) is 15.9 Å². The Hall–Kier alpha value is -2.05. The Morgan fingerprint density at radius 1 is 1.15 bits per heavy atom. The van der Waals surface area contributed by atoms with Gasteiger partial charge in [-0.2, -0.15) is 0 Å². The largest absolute Gasteiger partial charge is 0.352 e. The maximum absolute atomic E-state index is 12.8. The molecule has 0 saturated heterocycles. The molecule has 146 valence electrons. The molecule has 5 nitrogen and oxygen atoms in total. The molecule has 0 heterocycles. The van der Waals surface area contributed by atoms with E-state index in [4.69, 9.17) is 11.6 Å². The van der Waals surface area contributed by atoms with Crippen LogP contribution in [0.25, 0.3) is 0 Å². The molecule has 1 amide bonds. The molecule has 0 aliphatic heterocycles. The number of carbonyl (C=O) groups is 1. The van der Waals surface area contributed by atoms with Crippen LogP contribution in [0, 0.1) is 12.8 Å². The van der Waals surface area contributed by atoms with Gasteiger partial charge in [-0.05, 0) is 67.3 Å². The third-order valence-electron chi connectivity index (χ3n) is 4.28. The second-order valence-electron chi connectivity index (χ2n) is 6.87. The lowest BCUT2D eigenvalue weighted by atomic mass is 10.1. The minimum absolute atomic E-state index is 0.157. The van der Waals surface area contributed by atoms with Crippen molar-refractivity contribution in [3.63, 3.8) is 0 Å². The fourth-order valence-corrected chi connectivity index (χ4v) is 4.01. The van der Waals surface area contributed by atoms with Crippen molar-refractivity contribution in [3.8, 4) is 0 Å². The minimum atomic E-state index is -3.71. The smallest absolute Gasteiger partial charge is 0.264 e. The molecule has 27 heavy (non-hydrogen) atoms. The van der Waals surface area contributed by atoms with E-state index in [1.54, 1.807) is 37.3 Å². The lowest BCUT2D eigenvalue weighted by molar-refractivity contribution is 0.0952. The number of anilines is 1. The summed E-state index contributed by atoms with van der Waals surface area (Å²) >= 11 is 5.84. The van der Waals surface area contributed by atoms with Gasteiger partial charge in [-0.3, -0.25) is 9.10 Å². The van der Waals surface area contributed by atoms with Crippen molar-refractivity contribution < 1.29 is 13.2 Å². The van der Waals surface area contributed by atoms with Crippen molar-refractivity contribution in [3.05, 3.63) is 58.6 Å². The van der Waals surface area contributed by atoms with Crippen LogP contribution in [-0.4, -0.2) is 27.9 Å². The van der Waals surface area contributed by atoms with E-state index < -0.39 is 10.0 Å². The Bertz CT molecular complexity index is 909. The van der Waals surface area contributed by atoms with Crippen LogP contribution in [0.15, 0.2) is 47.4 Å². The number of nitrogens with zero attached hydrogens (tertiary/aromatic N) is 1. The van der Waals surface area contributed by atoms with E-state index in [0.29, 0.717) is 34.3 Å². The van der Waals surface area contributed by atoms with Crippen LogP contribution in [0.2, 0.25) is 5.02 Å². The molecule has 7 heteroatoms. The fraction of sp³-hybridized carbons (Fsp3) is 0.350. The highest BCUT2D eigenvalue weighted by molar-refractivity contribution is 7.92. The molecular weight excluding hydrogens is 384 g/mol. The van der Waals surface area contributed by atoms with Crippen LogP contribution in [-0.2, 0) is 10.0 Å². The van der Waals surface area contributed by atoms with E-state index in [2.05, 4.69) is 19.2 Å². The molecule has 0 unspecified atom stereocenters. The van der Waals surface area contributed by atoms with Crippen molar-refractivity contribution >= 4 is 33.2 Å². The van der Waals surface area contributed by atoms with Crippen LogP contribution in [0.3, 0.4) is 0 Å². The monoisotopic (exact) mass is 408 g/mol. The summed E-state index contributed by atoms with van der Waals surface area (Å²) in [6.07, 6.45) is 0.908. The van der Waals surface area contributed by atoms with E-state index in [-0.39, 0.29) is 10.8 Å². The van der Waals surface area contributed by atoms with Gasteiger partial charge in [0.15, 0.2) is 0 Å². The topological polar surface area (TPSA) is 66.5 Å². The maximum atomic E-state index is 12.8. The van der Waals surface area contributed by atoms with Gasteiger partial charge in [-0.1, -0.05) is 25.4 Å². The SMILES string of the molecule is Cc1cc(C(=O)NCCC(C)C)ccc1N(C)S(=O)(=O)c1ccc(Cl)cc1. The van der Waals surface area contributed by atoms with Gasteiger partial charge in [0.1, 0.15) is 0 Å². The Morgan fingerprint density at radius 3 is 2.33 bits per heavy atom. The highest BCUT2D eigenvalue weighted by atomic mass is 35.5. The van der Waals surface area contributed by atoms with Gasteiger partial charge >= 0.3 is 0 Å². The molecule has 0 fully saturated rings. The normalized spacial score (nSPS) is 11.5. The second kappa shape index (κ2) is 8.76. The number of sulfonamides is 1. The molecule has 2 aromatic rings. The maximum Gasteiger partial charge on any atom is 0.264 e. The summed E-state index contributed by atoms with van der Waals surface area (Å²) in [4.78, 5) is 12.4. The lowest BCUT2D eigenvalue weighted by Crippen LogP contribution is -2.28. The summed E-state index contributed by atoms with van der Waals surface area (Å²) in [5.41, 5.74) is 1.73. The Balaban J connectivity index is 2.21. The van der Waals surface area contributed by atoms with E-state index in [1.807, 2.05) is 0 Å². The van der Waals surface area contributed by atoms with Crippen molar-refractivity contribution in [1.29, 1.82) is 0 Å². The quantitative estimate of drug-likeness (QED) is 0.744. The minimum Gasteiger partial charge on any atom is -0.352 e. The van der Waals surface area contributed by atoms with Gasteiger partial charge in [0.2, 0.25) is 0 Å². The zero-order chi connectivity index (χ0) is 20.2. The number of rotatable bonds is 7. The van der Waals surface area contributed by atoms with Gasteiger partial charge in [0, 0.05) is 24.2 Å². The third kappa shape index (κ3) is 5.23. The summed E-state index contributed by atoms with van der Waals surface area (Å²) in [7, 11) is -2.22. The number of hydrogen-bond donors (Lipinski definition) is 1. The van der Waals surface area contributed by atoms with E-state index in [1.165, 1.54) is 23.5 Å².